The lowest BCUT2D eigenvalue weighted by atomic mass is 9.58. The fourth-order valence-corrected chi connectivity index (χ4v) is 7.47. The van der Waals surface area contributed by atoms with Crippen molar-refractivity contribution in [3.05, 3.63) is 0 Å². The van der Waals surface area contributed by atoms with Crippen LogP contribution < -0.4 is 0 Å². The van der Waals surface area contributed by atoms with Crippen LogP contribution in [0.1, 0.15) is 60.3 Å². The van der Waals surface area contributed by atoms with E-state index in [1.165, 1.54) is 25.7 Å². The van der Waals surface area contributed by atoms with E-state index in [4.69, 9.17) is 0 Å². The maximum absolute atomic E-state index is 3.97. The van der Waals surface area contributed by atoms with Crippen molar-refractivity contribution in [1.29, 1.82) is 0 Å². The van der Waals surface area contributed by atoms with Crippen LogP contribution in [0.4, 0.5) is 0 Å². The third-order valence-electron chi connectivity index (χ3n) is 6.90. The van der Waals surface area contributed by atoms with Gasteiger partial charge in [0.1, 0.15) is 0 Å². The molecule has 124 valence electrons. The second kappa shape index (κ2) is 7.13. The second-order valence-corrected chi connectivity index (χ2v) is 11.9. The summed E-state index contributed by atoms with van der Waals surface area (Å²) in [5.41, 5.74) is 0.443. The van der Waals surface area contributed by atoms with Gasteiger partial charge in [-0.15, -0.1) is 0 Å². The van der Waals surface area contributed by atoms with Gasteiger partial charge in [-0.05, 0) is 60.7 Å². The molecule has 0 aromatic heterocycles. The quantitative estimate of drug-likeness (QED) is 0.367. The predicted octanol–water partition coefficient (Wildman–Crippen LogP) is 7.03. The summed E-state index contributed by atoms with van der Waals surface area (Å²) in [5.74, 6) is 4.08. The average Bonchev–Trinajstić information content (AvgIpc) is 2.40. The van der Waals surface area contributed by atoms with E-state index in [1.807, 2.05) is 0 Å². The van der Waals surface area contributed by atoms with Crippen molar-refractivity contribution in [1.82, 2.24) is 0 Å². The van der Waals surface area contributed by atoms with Gasteiger partial charge < -0.3 is 0 Å². The molecule has 0 heterocycles. The maximum atomic E-state index is 3.97. The summed E-state index contributed by atoms with van der Waals surface area (Å²) in [6.07, 6.45) is 5.43. The first-order chi connectivity index (χ1) is 9.64. The summed E-state index contributed by atoms with van der Waals surface area (Å²) >= 11 is 11.9. The molecule has 0 spiro atoms. The van der Waals surface area contributed by atoms with E-state index in [0.717, 1.165) is 29.6 Å². The zero-order chi connectivity index (χ0) is 15.9. The Kier molecular flexibility index (Phi) is 6.38. The molecule has 2 fully saturated rings. The summed E-state index contributed by atoms with van der Waals surface area (Å²) in [6, 6.07) is 0. The van der Waals surface area contributed by atoms with E-state index in [2.05, 4.69) is 82.4 Å². The Hall–Kier alpha value is 1.44. The number of rotatable bonds is 2. The van der Waals surface area contributed by atoms with Crippen LogP contribution in [0, 0.1) is 35.0 Å². The molecule has 0 aliphatic heterocycles. The van der Waals surface area contributed by atoms with Crippen molar-refractivity contribution in [3.8, 4) is 0 Å². The zero-order valence-corrected chi connectivity index (χ0v) is 18.8. The standard InChI is InChI=1S/C18H31Br3/c1-10-6-13(7-15(19)11(10)2)18(4,5)14-8-16(20)12(3)17(21)9-14/h10-17H,6-9H2,1-5H3. The van der Waals surface area contributed by atoms with E-state index >= 15 is 0 Å². The Labute approximate surface area is 157 Å². The molecule has 2 rings (SSSR count). The van der Waals surface area contributed by atoms with Gasteiger partial charge in [0, 0.05) is 14.5 Å². The van der Waals surface area contributed by atoms with Gasteiger partial charge in [0.25, 0.3) is 0 Å². The number of hydrogen-bond donors (Lipinski definition) is 0. The summed E-state index contributed by atoms with van der Waals surface area (Å²) in [7, 11) is 0. The minimum Gasteiger partial charge on any atom is -0.0888 e. The van der Waals surface area contributed by atoms with E-state index in [9.17, 15) is 0 Å². The van der Waals surface area contributed by atoms with Crippen LogP contribution in [0.15, 0.2) is 0 Å². The van der Waals surface area contributed by atoms with Crippen LogP contribution in [0.5, 0.6) is 0 Å². The zero-order valence-electron chi connectivity index (χ0n) is 14.1. The molecule has 3 heteroatoms. The molecule has 21 heavy (non-hydrogen) atoms. The van der Waals surface area contributed by atoms with E-state index in [0.29, 0.717) is 19.9 Å². The molecule has 6 unspecified atom stereocenters. The Bertz CT molecular complexity index is 298. The molecular formula is C18H31Br3. The molecule has 0 aromatic carbocycles. The Balaban J connectivity index is 2.10. The maximum Gasteiger partial charge on any atom is 0.0184 e. The number of hydrogen-bond acceptors (Lipinski definition) is 0. The van der Waals surface area contributed by atoms with Crippen LogP contribution in [-0.4, -0.2) is 14.5 Å². The molecule has 6 atom stereocenters. The smallest absolute Gasteiger partial charge is 0.0184 e. The highest BCUT2D eigenvalue weighted by molar-refractivity contribution is 9.10. The van der Waals surface area contributed by atoms with Crippen molar-refractivity contribution < 1.29 is 0 Å². The van der Waals surface area contributed by atoms with Crippen LogP contribution in [-0.2, 0) is 0 Å². The Morgan fingerprint density at radius 2 is 1.05 bits per heavy atom. The highest BCUT2D eigenvalue weighted by Crippen LogP contribution is 2.53. The van der Waals surface area contributed by atoms with Gasteiger partial charge in [0.15, 0.2) is 0 Å². The lowest BCUT2D eigenvalue weighted by molar-refractivity contribution is 0.0330. The van der Waals surface area contributed by atoms with Gasteiger partial charge in [0.05, 0.1) is 0 Å². The molecule has 0 saturated heterocycles. The van der Waals surface area contributed by atoms with Gasteiger partial charge in [-0.25, -0.2) is 0 Å². The molecule has 0 bridgehead atoms. The number of alkyl halides is 3. The van der Waals surface area contributed by atoms with E-state index in [1.54, 1.807) is 0 Å². The molecule has 0 aromatic rings. The molecule has 0 amide bonds. The van der Waals surface area contributed by atoms with Crippen molar-refractivity contribution in [2.24, 2.45) is 35.0 Å². The third kappa shape index (κ3) is 3.92. The molecule has 2 aliphatic rings. The Morgan fingerprint density at radius 3 is 1.48 bits per heavy atom. The first kappa shape index (κ1) is 18.8. The first-order valence-electron chi connectivity index (χ1n) is 8.56. The van der Waals surface area contributed by atoms with Crippen molar-refractivity contribution in [3.63, 3.8) is 0 Å². The molecule has 0 radical (unpaired) electrons. The fraction of sp³-hybridized carbons (Fsp3) is 1.00. The van der Waals surface area contributed by atoms with Crippen molar-refractivity contribution >= 4 is 47.8 Å². The molecule has 2 saturated carbocycles. The van der Waals surface area contributed by atoms with Crippen LogP contribution >= 0.6 is 47.8 Å². The van der Waals surface area contributed by atoms with Gasteiger partial charge in [0.2, 0.25) is 0 Å². The fourth-order valence-electron chi connectivity index (χ4n) is 4.45. The average molecular weight is 487 g/mol. The summed E-state index contributed by atoms with van der Waals surface area (Å²) < 4.78 is 0. The normalized spacial score (nSPS) is 49.1. The third-order valence-corrected chi connectivity index (χ3v) is 10.5. The lowest BCUT2D eigenvalue weighted by Crippen LogP contribution is -2.45. The topological polar surface area (TPSA) is 0 Å². The SMILES string of the molecule is CC1CC(C(C)(C)C2CC(Br)C(C)C(Br)C2)CC(Br)C1C. The highest BCUT2D eigenvalue weighted by Gasteiger charge is 2.46. The number of halogens is 3. The second-order valence-electron chi connectivity index (χ2n) is 8.40. The van der Waals surface area contributed by atoms with Crippen molar-refractivity contribution in [2.75, 3.05) is 0 Å². The van der Waals surface area contributed by atoms with Gasteiger partial charge in [-0.3, -0.25) is 0 Å². The summed E-state index contributed by atoms with van der Waals surface area (Å²) in [5, 5.41) is 0. The van der Waals surface area contributed by atoms with E-state index < -0.39 is 0 Å². The van der Waals surface area contributed by atoms with Crippen LogP contribution in [0.2, 0.25) is 0 Å². The van der Waals surface area contributed by atoms with Crippen molar-refractivity contribution in [2.45, 2.75) is 74.8 Å². The van der Waals surface area contributed by atoms with Gasteiger partial charge in [-0.2, -0.15) is 0 Å². The predicted molar refractivity (Wildman–Crippen MR) is 105 cm³/mol. The van der Waals surface area contributed by atoms with Gasteiger partial charge >= 0.3 is 0 Å². The first-order valence-corrected chi connectivity index (χ1v) is 11.3. The van der Waals surface area contributed by atoms with E-state index in [-0.39, 0.29) is 0 Å². The minimum atomic E-state index is 0.443. The van der Waals surface area contributed by atoms with Crippen LogP contribution in [0.3, 0.4) is 0 Å². The molecular weight excluding hydrogens is 456 g/mol. The summed E-state index contributed by atoms with van der Waals surface area (Å²) in [6.45, 7) is 12.3. The highest BCUT2D eigenvalue weighted by atomic mass is 79.9. The Morgan fingerprint density at radius 1 is 0.667 bits per heavy atom. The molecule has 0 nitrogen and oxygen atoms in total. The molecule has 2 aliphatic carbocycles. The summed E-state index contributed by atoms with van der Waals surface area (Å²) in [4.78, 5) is 2.03. The van der Waals surface area contributed by atoms with Crippen LogP contribution in [0.25, 0.3) is 0 Å². The monoisotopic (exact) mass is 484 g/mol. The molecule has 0 N–H and O–H groups in total. The largest absolute Gasteiger partial charge is 0.0888 e. The minimum absolute atomic E-state index is 0.443. The lowest BCUT2D eigenvalue weighted by Gasteiger charge is -2.50. The van der Waals surface area contributed by atoms with Gasteiger partial charge in [-0.1, -0.05) is 82.4 Å².